The summed E-state index contributed by atoms with van der Waals surface area (Å²) in [5, 5.41) is 1.99. The molecular weight excluding hydrogens is 928 g/mol. The van der Waals surface area contributed by atoms with E-state index in [1.54, 1.807) is 39.5 Å². The number of imidazole rings is 1. The molecule has 294 valence electrons. The second-order valence-electron chi connectivity index (χ2n) is 14.2. The molecule has 0 saturated carbocycles. The molecule has 6 heteroatoms. The Balaban J connectivity index is 0.00000582. The van der Waals surface area contributed by atoms with Gasteiger partial charge >= 0.3 is 0 Å². The van der Waals surface area contributed by atoms with Crippen molar-refractivity contribution < 1.29 is 44.1 Å². The average molecular weight is 974 g/mol. The molecule has 8 aromatic carbocycles. The summed E-state index contributed by atoms with van der Waals surface area (Å²) in [6.45, 7) is 2.02. The first kappa shape index (κ1) is 28.2. The van der Waals surface area contributed by atoms with Crippen molar-refractivity contribution in [2.24, 2.45) is 0 Å². The Kier molecular flexibility index (Phi) is 7.41. The van der Waals surface area contributed by atoms with Gasteiger partial charge in [-0.25, -0.2) is 4.98 Å². The molecule has 0 atom stereocenters. The molecule has 0 spiro atoms. The number of fused-ring (bicyclic) bond motifs is 4. The van der Waals surface area contributed by atoms with Gasteiger partial charge in [-0.05, 0) is 63.5 Å². The van der Waals surface area contributed by atoms with Gasteiger partial charge in [0.05, 0.1) is 30.4 Å². The summed E-state index contributed by atoms with van der Waals surface area (Å²) in [6, 6.07) is 43.4. The number of aromatic nitrogens is 4. The molecule has 11 aromatic rings. The topological polar surface area (TPSA) is 35.9 Å². The maximum Gasteiger partial charge on any atom is 0.268 e. The van der Waals surface area contributed by atoms with Crippen molar-refractivity contribution in [2.75, 3.05) is 0 Å². The number of rotatable bonds is 8. The number of hydrogen-bond donors (Lipinski definition) is 0. The Labute approximate surface area is 382 Å². The van der Waals surface area contributed by atoms with Crippen molar-refractivity contribution in [3.63, 3.8) is 0 Å². The summed E-state index contributed by atoms with van der Waals surface area (Å²) < 4.78 is 98.9. The maximum absolute atomic E-state index is 9.01. The van der Waals surface area contributed by atoms with E-state index in [1.165, 1.54) is 0 Å². The average Bonchev–Trinajstić information content (AvgIpc) is 3.92. The van der Waals surface area contributed by atoms with E-state index in [4.69, 9.17) is 23.4 Å². The molecule has 0 aliphatic heterocycles. The van der Waals surface area contributed by atoms with Gasteiger partial charge in [0.1, 0.15) is 5.82 Å². The van der Waals surface area contributed by atoms with Gasteiger partial charge in [0.15, 0.2) is 0 Å². The predicted molar refractivity (Wildman–Crippen MR) is 241 cm³/mol. The number of nitrogens with zero attached hydrogens (tertiary/aromatic N) is 4. The van der Waals surface area contributed by atoms with E-state index in [0.29, 0.717) is 28.2 Å². The van der Waals surface area contributed by atoms with E-state index in [2.05, 4.69) is 53.4 Å². The molecule has 0 bridgehead atoms. The van der Waals surface area contributed by atoms with Gasteiger partial charge in [0, 0.05) is 49.8 Å². The SMILES string of the molecule is [2H]c1c([2H])c([2H])c(-c2cccc(-c3c([2H])c([2H])c([2H])c([2H])c3[2H])c2-[n+]2[c-]n(-c3[c-]c(Oc4[c-]c5c(cc4)c4ccccc4n5-c4ncc(C)cc4-c4ccccc4)ccc3)c3ccccc32)c([2H])c1[2H].[Pt]. The predicted octanol–water partition coefficient (Wildman–Crippen LogP) is 12.9. The zero-order chi connectivity index (χ0) is 48.7. The summed E-state index contributed by atoms with van der Waals surface area (Å²) >= 11 is 0. The monoisotopic (exact) mass is 973 g/mol. The molecule has 3 heterocycles. The smallest absolute Gasteiger partial charge is 0.268 e. The Bertz CT molecular complexity index is 3820. The standard InChI is InChI=1S/C55H36N4O.Pt/c1-38-33-49(41-21-9-4-10-22-41)55(56-36-38)59-50-28-12-11-25-47(50)48-32-31-44(35-53(48)59)60-43-24-15-23-42(34-43)57-37-58(52-30-14-13-29-51(52)57)54-45(39-17-5-2-6-18-39)26-16-27-46(54)40-19-7-3-8-20-40;/h2-33,36H,1H3;/q-2;/i2D,3D,5D,6D,7D,8D,17D,18D,19D,20D;. The van der Waals surface area contributed by atoms with Crippen LogP contribution in [0.25, 0.3) is 83.4 Å². The first-order valence-electron chi connectivity index (χ1n) is 24.2. The fraction of sp³-hybridized carbons (Fsp3) is 0.0182. The van der Waals surface area contributed by atoms with Crippen molar-refractivity contribution in [1.29, 1.82) is 0 Å². The molecule has 5 nitrogen and oxygen atoms in total. The normalized spacial score (nSPS) is 13.5. The van der Waals surface area contributed by atoms with Crippen LogP contribution in [-0.4, -0.2) is 14.1 Å². The van der Waals surface area contributed by atoms with Crippen LogP contribution in [0.15, 0.2) is 200 Å². The van der Waals surface area contributed by atoms with Crippen molar-refractivity contribution in [3.8, 4) is 62.1 Å². The Morgan fingerprint density at radius 2 is 1.25 bits per heavy atom. The Morgan fingerprint density at radius 3 is 2.00 bits per heavy atom. The van der Waals surface area contributed by atoms with E-state index in [9.17, 15) is 0 Å². The minimum Gasteiger partial charge on any atom is -0.510 e. The zero-order valence-electron chi connectivity index (χ0n) is 42.3. The minimum absolute atomic E-state index is 0. The van der Waals surface area contributed by atoms with Crippen molar-refractivity contribution in [2.45, 2.75) is 6.92 Å². The van der Waals surface area contributed by atoms with E-state index >= 15 is 0 Å². The zero-order valence-corrected chi connectivity index (χ0v) is 34.6. The molecular formula is C55H36N4OPt-2. The quantitative estimate of drug-likeness (QED) is 0.112. The maximum atomic E-state index is 9.01. The van der Waals surface area contributed by atoms with Gasteiger partial charge in [0.25, 0.3) is 6.33 Å². The summed E-state index contributed by atoms with van der Waals surface area (Å²) in [5.74, 6) is 1.52. The third-order valence-electron chi connectivity index (χ3n) is 10.4. The fourth-order valence-corrected chi connectivity index (χ4v) is 7.83. The molecule has 11 rings (SSSR count). The van der Waals surface area contributed by atoms with Gasteiger partial charge in [0.2, 0.25) is 0 Å². The van der Waals surface area contributed by atoms with Crippen LogP contribution in [0.4, 0.5) is 0 Å². The second kappa shape index (κ2) is 16.0. The minimum atomic E-state index is -0.573. The number of hydrogen-bond acceptors (Lipinski definition) is 2. The number of ether oxygens (including phenoxy) is 1. The number of pyridine rings is 1. The van der Waals surface area contributed by atoms with Gasteiger partial charge in [-0.1, -0.05) is 157 Å². The van der Waals surface area contributed by atoms with Crippen molar-refractivity contribution in [3.05, 3.63) is 224 Å². The van der Waals surface area contributed by atoms with Crippen LogP contribution >= 0.6 is 0 Å². The molecule has 0 aliphatic rings. The third kappa shape index (κ3) is 6.83. The molecule has 0 unspecified atom stereocenters. The second-order valence-corrected chi connectivity index (χ2v) is 14.2. The van der Waals surface area contributed by atoms with Gasteiger partial charge in [-0.2, -0.15) is 18.2 Å². The van der Waals surface area contributed by atoms with Crippen LogP contribution in [0.5, 0.6) is 11.5 Å². The summed E-state index contributed by atoms with van der Waals surface area (Å²) in [7, 11) is 0. The third-order valence-corrected chi connectivity index (χ3v) is 10.4. The van der Waals surface area contributed by atoms with Crippen LogP contribution in [0.3, 0.4) is 0 Å². The molecule has 0 saturated heterocycles. The Morgan fingerprint density at radius 1 is 0.590 bits per heavy atom. The number of benzene rings is 8. The first-order valence-corrected chi connectivity index (χ1v) is 19.2. The summed E-state index contributed by atoms with van der Waals surface area (Å²) in [5.41, 5.74) is 6.54. The number of aryl methyl sites for hydroxylation is 1. The van der Waals surface area contributed by atoms with E-state index in [-0.39, 0.29) is 49.0 Å². The molecule has 0 radical (unpaired) electrons. The molecule has 0 N–H and O–H groups in total. The van der Waals surface area contributed by atoms with E-state index in [0.717, 1.165) is 44.3 Å². The largest absolute Gasteiger partial charge is 0.510 e. The Hall–Kier alpha value is -7.33. The van der Waals surface area contributed by atoms with Gasteiger partial charge in [-0.15, -0.1) is 29.7 Å². The van der Waals surface area contributed by atoms with Crippen LogP contribution in [0, 0.1) is 25.4 Å². The van der Waals surface area contributed by atoms with E-state index < -0.39 is 60.4 Å². The van der Waals surface area contributed by atoms with Crippen molar-refractivity contribution in [1.82, 2.24) is 14.1 Å². The molecule has 0 amide bonds. The molecule has 61 heavy (non-hydrogen) atoms. The molecule has 3 aromatic heterocycles. The van der Waals surface area contributed by atoms with Gasteiger partial charge < -0.3 is 13.9 Å². The summed E-state index contributed by atoms with van der Waals surface area (Å²) in [6.07, 6.45) is 5.26. The summed E-state index contributed by atoms with van der Waals surface area (Å²) in [4.78, 5) is 4.99. The van der Waals surface area contributed by atoms with Gasteiger partial charge in [-0.3, -0.25) is 4.57 Å². The van der Waals surface area contributed by atoms with Crippen LogP contribution < -0.4 is 9.30 Å². The van der Waals surface area contributed by atoms with Crippen LogP contribution in [0.1, 0.15) is 19.3 Å². The van der Waals surface area contributed by atoms with Crippen LogP contribution in [-0.2, 0) is 21.1 Å². The number of para-hydroxylation sites is 4. The first-order chi connectivity index (χ1) is 33.8. The molecule has 0 fully saturated rings. The van der Waals surface area contributed by atoms with E-state index in [1.807, 2.05) is 85.9 Å². The van der Waals surface area contributed by atoms with Crippen molar-refractivity contribution >= 4 is 32.8 Å². The molecule has 0 aliphatic carbocycles. The van der Waals surface area contributed by atoms with Crippen LogP contribution in [0.2, 0.25) is 0 Å². The fourth-order valence-electron chi connectivity index (χ4n) is 7.83.